The Bertz CT molecular complexity index is 776. The molecular formula is C14H14ClN3O3S. The zero-order chi connectivity index (χ0) is 16.2. The van der Waals surface area contributed by atoms with Crippen molar-refractivity contribution in [3.05, 3.63) is 59.1 Å². The molecule has 2 aromatic rings. The van der Waals surface area contributed by atoms with Crippen LogP contribution in [0.3, 0.4) is 0 Å². The zero-order valence-electron chi connectivity index (χ0n) is 11.6. The fraction of sp³-hybridized carbons (Fsp3) is 0.0714. The van der Waals surface area contributed by atoms with Gasteiger partial charge in [-0.1, -0.05) is 41.4 Å². The Morgan fingerprint density at radius 1 is 1.05 bits per heavy atom. The van der Waals surface area contributed by atoms with Crippen LogP contribution >= 0.6 is 11.6 Å². The van der Waals surface area contributed by atoms with Gasteiger partial charge < -0.3 is 5.32 Å². The van der Waals surface area contributed by atoms with Crippen LogP contribution in [-0.2, 0) is 10.2 Å². The molecule has 8 heteroatoms. The van der Waals surface area contributed by atoms with Crippen LogP contribution in [0.1, 0.15) is 5.56 Å². The van der Waals surface area contributed by atoms with Crippen LogP contribution in [0.4, 0.5) is 16.2 Å². The van der Waals surface area contributed by atoms with E-state index in [1.165, 1.54) is 12.1 Å². The Labute approximate surface area is 133 Å². The van der Waals surface area contributed by atoms with Gasteiger partial charge in [0.2, 0.25) is 0 Å². The van der Waals surface area contributed by atoms with Crippen molar-refractivity contribution in [2.45, 2.75) is 6.92 Å². The van der Waals surface area contributed by atoms with Gasteiger partial charge in [-0.2, -0.15) is 8.42 Å². The Hall–Kier alpha value is -2.25. The number of nitrogens with one attached hydrogen (secondary N) is 3. The molecule has 0 radical (unpaired) electrons. The van der Waals surface area contributed by atoms with Crippen molar-refractivity contribution in [1.82, 2.24) is 4.72 Å². The van der Waals surface area contributed by atoms with E-state index in [4.69, 9.17) is 11.6 Å². The highest BCUT2D eigenvalue weighted by Gasteiger charge is 2.15. The van der Waals surface area contributed by atoms with Gasteiger partial charge in [0.15, 0.2) is 0 Å². The minimum Gasteiger partial charge on any atom is -0.307 e. The summed E-state index contributed by atoms with van der Waals surface area (Å²) >= 11 is 5.86. The molecule has 0 aliphatic rings. The summed E-state index contributed by atoms with van der Waals surface area (Å²) in [6.07, 6.45) is 0. The number of carbonyl (C=O) groups is 1. The predicted molar refractivity (Wildman–Crippen MR) is 87.3 cm³/mol. The number of aryl methyl sites for hydroxylation is 1. The van der Waals surface area contributed by atoms with Crippen molar-refractivity contribution in [1.29, 1.82) is 0 Å². The van der Waals surface area contributed by atoms with Crippen molar-refractivity contribution in [3.63, 3.8) is 0 Å². The highest BCUT2D eigenvalue weighted by molar-refractivity contribution is 7.91. The molecule has 0 heterocycles. The third-order valence-corrected chi connectivity index (χ3v) is 3.93. The summed E-state index contributed by atoms with van der Waals surface area (Å²) in [6.45, 7) is 1.90. The molecule has 0 aromatic heterocycles. The van der Waals surface area contributed by atoms with E-state index in [9.17, 15) is 13.2 Å². The minimum atomic E-state index is -4.08. The Balaban J connectivity index is 2.01. The van der Waals surface area contributed by atoms with Gasteiger partial charge in [0, 0.05) is 5.69 Å². The van der Waals surface area contributed by atoms with Crippen molar-refractivity contribution >= 4 is 39.2 Å². The summed E-state index contributed by atoms with van der Waals surface area (Å²) in [5, 5.41) is 2.65. The van der Waals surface area contributed by atoms with E-state index in [1.54, 1.807) is 36.4 Å². The molecule has 2 aromatic carbocycles. The minimum absolute atomic E-state index is 0.180. The molecule has 3 N–H and O–H groups in total. The highest BCUT2D eigenvalue weighted by Crippen LogP contribution is 2.21. The average molecular weight is 340 g/mol. The maximum absolute atomic E-state index is 11.9. The number of benzene rings is 2. The van der Waals surface area contributed by atoms with Gasteiger partial charge in [-0.15, -0.1) is 0 Å². The molecule has 6 nitrogen and oxygen atoms in total. The van der Waals surface area contributed by atoms with E-state index >= 15 is 0 Å². The van der Waals surface area contributed by atoms with Crippen LogP contribution in [0.25, 0.3) is 0 Å². The lowest BCUT2D eigenvalue weighted by molar-refractivity contribution is 0.256. The number of hydrogen-bond acceptors (Lipinski definition) is 3. The Morgan fingerprint density at radius 2 is 1.68 bits per heavy atom. The Morgan fingerprint density at radius 3 is 2.32 bits per heavy atom. The number of carbonyl (C=O) groups excluding carboxylic acids is 1. The molecule has 116 valence electrons. The molecule has 0 unspecified atom stereocenters. The fourth-order valence-electron chi connectivity index (χ4n) is 1.63. The van der Waals surface area contributed by atoms with E-state index in [2.05, 4.69) is 10.0 Å². The summed E-state index contributed by atoms with van der Waals surface area (Å²) in [4.78, 5) is 11.7. The monoisotopic (exact) mass is 339 g/mol. The second-order valence-corrected chi connectivity index (χ2v) is 6.33. The van der Waals surface area contributed by atoms with Crippen LogP contribution in [0.15, 0.2) is 48.5 Å². The quantitative estimate of drug-likeness (QED) is 0.799. The molecular weight excluding hydrogens is 326 g/mol. The number of urea groups is 1. The molecule has 0 aliphatic heterocycles. The zero-order valence-corrected chi connectivity index (χ0v) is 13.2. The smallest absolute Gasteiger partial charge is 0.307 e. The second-order valence-electron chi connectivity index (χ2n) is 4.51. The van der Waals surface area contributed by atoms with Crippen molar-refractivity contribution in [2.24, 2.45) is 0 Å². The summed E-state index contributed by atoms with van der Waals surface area (Å²) in [6, 6.07) is 12.4. The SMILES string of the molecule is Cc1ccc(NC(=O)NS(=O)(=O)Nc2ccccc2Cl)cc1. The molecule has 0 spiro atoms. The molecule has 0 fully saturated rings. The van der Waals surface area contributed by atoms with Gasteiger partial charge >= 0.3 is 16.2 Å². The summed E-state index contributed by atoms with van der Waals surface area (Å²) < 4.78 is 27.8. The van der Waals surface area contributed by atoms with Gasteiger partial charge in [-0.05, 0) is 31.2 Å². The second kappa shape index (κ2) is 6.67. The molecule has 2 rings (SSSR count). The first-order valence-corrected chi connectivity index (χ1v) is 8.14. The summed E-state index contributed by atoms with van der Waals surface area (Å²) in [5.41, 5.74) is 1.69. The van der Waals surface area contributed by atoms with E-state index in [-0.39, 0.29) is 10.7 Å². The molecule has 22 heavy (non-hydrogen) atoms. The topological polar surface area (TPSA) is 87.3 Å². The number of amides is 2. The fourth-order valence-corrected chi connectivity index (χ4v) is 2.68. The van der Waals surface area contributed by atoms with Crippen molar-refractivity contribution in [3.8, 4) is 0 Å². The van der Waals surface area contributed by atoms with Gasteiger partial charge in [-0.25, -0.2) is 9.52 Å². The molecule has 0 saturated carbocycles. The normalized spacial score (nSPS) is 10.8. The van der Waals surface area contributed by atoms with Gasteiger partial charge in [0.25, 0.3) is 0 Å². The van der Waals surface area contributed by atoms with Crippen LogP contribution in [0.5, 0.6) is 0 Å². The predicted octanol–water partition coefficient (Wildman–Crippen LogP) is 3.13. The number of rotatable bonds is 4. The molecule has 0 aliphatic carbocycles. The maximum Gasteiger partial charge on any atom is 0.334 e. The van der Waals surface area contributed by atoms with Crippen LogP contribution in [0, 0.1) is 6.92 Å². The number of halogens is 1. The average Bonchev–Trinajstić information content (AvgIpc) is 2.43. The third kappa shape index (κ3) is 4.64. The van der Waals surface area contributed by atoms with E-state index in [1.807, 2.05) is 11.6 Å². The molecule has 0 bridgehead atoms. The van der Waals surface area contributed by atoms with E-state index in [0.29, 0.717) is 5.69 Å². The van der Waals surface area contributed by atoms with Crippen LogP contribution in [-0.4, -0.2) is 14.4 Å². The number of anilines is 2. The van der Waals surface area contributed by atoms with Gasteiger partial charge in [0.05, 0.1) is 10.7 Å². The summed E-state index contributed by atoms with van der Waals surface area (Å²) in [7, 11) is -4.08. The molecule has 2 amide bonds. The molecule has 0 atom stereocenters. The first-order chi connectivity index (χ1) is 10.4. The molecule has 0 saturated heterocycles. The first kappa shape index (κ1) is 16.1. The third-order valence-electron chi connectivity index (χ3n) is 2.65. The largest absolute Gasteiger partial charge is 0.334 e. The van der Waals surface area contributed by atoms with Gasteiger partial charge in [-0.3, -0.25) is 4.72 Å². The number of hydrogen-bond donors (Lipinski definition) is 3. The van der Waals surface area contributed by atoms with Crippen molar-refractivity contribution in [2.75, 3.05) is 10.0 Å². The lowest BCUT2D eigenvalue weighted by atomic mass is 10.2. The maximum atomic E-state index is 11.9. The standard InChI is InChI=1S/C14H14ClN3O3S/c1-10-6-8-11(9-7-10)16-14(19)18-22(20,21)17-13-5-3-2-4-12(13)15/h2-9,17H,1H3,(H2,16,18,19). The Kier molecular flexibility index (Phi) is 4.89. The van der Waals surface area contributed by atoms with Crippen molar-refractivity contribution < 1.29 is 13.2 Å². The lowest BCUT2D eigenvalue weighted by Crippen LogP contribution is -2.38. The number of para-hydroxylation sites is 1. The van der Waals surface area contributed by atoms with E-state index in [0.717, 1.165) is 5.56 Å². The van der Waals surface area contributed by atoms with Gasteiger partial charge in [0.1, 0.15) is 0 Å². The first-order valence-electron chi connectivity index (χ1n) is 6.28. The van der Waals surface area contributed by atoms with Crippen LogP contribution < -0.4 is 14.8 Å². The van der Waals surface area contributed by atoms with E-state index < -0.39 is 16.2 Å². The van der Waals surface area contributed by atoms with Crippen LogP contribution in [0.2, 0.25) is 5.02 Å². The summed E-state index contributed by atoms with van der Waals surface area (Å²) in [5.74, 6) is 0. The highest BCUT2D eigenvalue weighted by atomic mass is 35.5. The lowest BCUT2D eigenvalue weighted by Gasteiger charge is -2.11.